The van der Waals surface area contributed by atoms with Crippen LogP contribution in [-0.2, 0) is 28.7 Å². The van der Waals surface area contributed by atoms with Crippen LogP contribution in [0.1, 0.15) is 72.1 Å². The molecular formula is C32H48BrN3O7. The van der Waals surface area contributed by atoms with E-state index in [1.165, 1.54) is 4.90 Å². The molecule has 11 heteroatoms. The van der Waals surface area contributed by atoms with E-state index in [9.17, 15) is 24.3 Å². The summed E-state index contributed by atoms with van der Waals surface area (Å²) in [5, 5.41) is 13.2. The fraction of sp³-hybridized carbons (Fsp3) is 0.750. The molecule has 4 rings (SSSR count). The van der Waals surface area contributed by atoms with Gasteiger partial charge in [0.25, 0.3) is 0 Å². The summed E-state index contributed by atoms with van der Waals surface area (Å²) >= 11 is 3.70. The Bertz CT molecular complexity index is 1080. The summed E-state index contributed by atoms with van der Waals surface area (Å²) in [6, 6.07) is -1.59. The van der Waals surface area contributed by atoms with Crippen LogP contribution in [0.5, 0.6) is 0 Å². The summed E-state index contributed by atoms with van der Waals surface area (Å²) in [6.07, 6.45) is 8.26. The first-order valence-electron chi connectivity index (χ1n) is 15.8. The Balaban J connectivity index is 1.65. The summed E-state index contributed by atoms with van der Waals surface area (Å²) in [7, 11) is 0. The maximum atomic E-state index is 14.7. The number of likely N-dealkylation sites (tertiary alicyclic amines) is 1. The van der Waals surface area contributed by atoms with Crippen LogP contribution in [0.3, 0.4) is 0 Å². The predicted molar refractivity (Wildman–Crippen MR) is 165 cm³/mol. The van der Waals surface area contributed by atoms with Gasteiger partial charge in [0.1, 0.15) is 17.7 Å². The zero-order valence-corrected chi connectivity index (χ0v) is 27.3. The van der Waals surface area contributed by atoms with E-state index in [1.54, 1.807) is 19.1 Å². The quantitative estimate of drug-likeness (QED) is 0.166. The average molecular weight is 667 g/mol. The third-order valence-corrected chi connectivity index (χ3v) is 10.5. The molecule has 1 saturated carbocycles. The monoisotopic (exact) mass is 665 g/mol. The highest BCUT2D eigenvalue weighted by atomic mass is 79.9. The number of carbonyl (C=O) groups excluding carboxylic acids is 4. The number of alkyl halides is 1. The highest BCUT2D eigenvalue weighted by molar-refractivity contribution is 9.09. The largest absolute Gasteiger partial charge is 0.460 e. The Morgan fingerprint density at radius 1 is 1.21 bits per heavy atom. The topological polar surface area (TPSA) is 125 Å². The summed E-state index contributed by atoms with van der Waals surface area (Å²) in [5.41, 5.74) is -1.24. The van der Waals surface area contributed by atoms with Crippen molar-refractivity contribution in [1.29, 1.82) is 0 Å². The van der Waals surface area contributed by atoms with Crippen LogP contribution in [-0.4, -0.2) is 99.1 Å². The molecular weight excluding hydrogens is 618 g/mol. The number of hydrogen-bond acceptors (Lipinski definition) is 7. The van der Waals surface area contributed by atoms with E-state index in [1.807, 2.05) is 18.7 Å². The lowest BCUT2D eigenvalue weighted by Crippen LogP contribution is -2.61. The number of fused-ring (bicyclic) bond motifs is 1. The number of hydrogen-bond donors (Lipinski definition) is 2. The van der Waals surface area contributed by atoms with Gasteiger partial charge in [-0.1, -0.05) is 61.2 Å². The van der Waals surface area contributed by atoms with Crippen LogP contribution < -0.4 is 5.32 Å². The smallest absolute Gasteiger partial charge is 0.312 e. The third kappa shape index (κ3) is 6.45. The van der Waals surface area contributed by atoms with Gasteiger partial charge in [0, 0.05) is 23.8 Å². The first-order valence-corrected chi connectivity index (χ1v) is 16.7. The third-order valence-electron chi connectivity index (χ3n) is 9.65. The number of esters is 1. The maximum Gasteiger partial charge on any atom is 0.312 e. The van der Waals surface area contributed by atoms with E-state index >= 15 is 0 Å². The molecule has 3 saturated heterocycles. The lowest BCUT2D eigenvalue weighted by Gasteiger charge is -2.43. The van der Waals surface area contributed by atoms with Crippen molar-refractivity contribution in [3.05, 3.63) is 25.3 Å². The highest BCUT2D eigenvalue weighted by Gasteiger charge is 2.77. The zero-order valence-electron chi connectivity index (χ0n) is 25.7. The van der Waals surface area contributed by atoms with Crippen molar-refractivity contribution in [2.45, 2.75) is 113 Å². The van der Waals surface area contributed by atoms with Gasteiger partial charge in [0.05, 0.1) is 37.1 Å². The minimum absolute atomic E-state index is 0.0277. The molecule has 43 heavy (non-hydrogen) atoms. The second-order valence-corrected chi connectivity index (χ2v) is 14.0. The minimum Gasteiger partial charge on any atom is -0.460 e. The number of allylic oxidation sites excluding steroid dienone is 1. The van der Waals surface area contributed by atoms with Gasteiger partial charge in [-0.3, -0.25) is 19.2 Å². The highest BCUT2D eigenvalue weighted by Crippen LogP contribution is 2.61. The fourth-order valence-electron chi connectivity index (χ4n) is 7.60. The Morgan fingerprint density at radius 3 is 2.51 bits per heavy atom. The number of ether oxygens (including phenoxy) is 2. The van der Waals surface area contributed by atoms with Crippen molar-refractivity contribution in [1.82, 2.24) is 15.1 Å². The molecule has 0 aromatic heterocycles. The molecule has 2 N–H and O–H groups in total. The van der Waals surface area contributed by atoms with Gasteiger partial charge in [-0.2, -0.15) is 0 Å². The number of halogens is 1. The Kier molecular flexibility index (Phi) is 11.1. The standard InChI is InChI=1S/C32H48BrN3O7/c1-6-8-14-24(38)34-17-20(5)42-31(41)25-26-29(39)36(23(18-37)19(3)4)28(32(26)16-22(33)27(25)43-32)30(40)35(15-7-2)21-12-10-9-11-13-21/h6-7,19-23,25-28,37H,1-2,8-18H2,3-5H3,(H,34,38)/t20-,22?,23+,25-,26+,27-,28-,32+/m1/s1. The van der Waals surface area contributed by atoms with Crippen LogP contribution in [0.15, 0.2) is 25.3 Å². The molecule has 4 aliphatic rings. The van der Waals surface area contributed by atoms with Gasteiger partial charge in [0.15, 0.2) is 0 Å². The molecule has 3 aliphatic heterocycles. The van der Waals surface area contributed by atoms with Crippen molar-refractivity contribution in [3.63, 3.8) is 0 Å². The van der Waals surface area contributed by atoms with Crippen molar-refractivity contribution in [3.8, 4) is 0 Å². The number of aliphatic hydroxyl groups excluding tert-OH is 1. The normalized spacial score (nSPS) is 31.4. The van der Waals surface area contributed by atoms with E-state index in [2.05, 4.69) is 34.4 Å². The fourth-order valence-corrected chi connectivity index (χ4v) is 8.54. The number of carbonyl (C=O) groups is 4. The van der Waals surface area contributed by atoms with E-state index < -0.39 is 47.7 Å². The van der Waals surface area contributed by atoms with Crippen molar-refractivity contribution in [2.75, 3.05) is 19.7 Å². The van der Waals surface area contributed by atoms with Gasteiger partial charge >= 0.3 is 5.97 Å². The van der Waals surface area contributed by atoms with Crippen molar-refractivity contribution >= 4 is 39.6 Å². The lowest BCUT2D eigenvalue weighted by molar-refractivity contribution is -0.160. The number of amides is 3. The number of aliphatic hydroxyl groups is 1. The van der Waals surface area contributed by atoms with E-state index in [4.69, 9.17) is 9.47 Å². The average Bonchev–Trinajstić information content (AvgIpc) is 3.57. The van der Waals surface area contributed by atoms with E-state index in [-0.39, 0.29) is 47.7 Å². The molecule has 2 bridgehead atoms. The molecule has 0 aromatic rings. The molecule has 1 aliphatic carbocycles. The summed E-state index contributed by atoms with van der Waals surface area (Å²) < 4.78 is 12.4. The number of nitrogens with zero attached hydrogens (tertiary/aromatic N) is 2. The number of rotatable bonds is 14. The second-order valence-electron chi connectivity index (χ2n) is 12.9. The molecule has 1 spiro atoms. The predicted octanol–water partition coefficient (Wildman–Crippen LogP) is 3.11. The van der Waals surface area contributed by atoms with Gasteiger partial charge in [-0.05, 0) is 38.5 Å². The SMILES string of the molecule is C=CCCC(=O)NC[C@@H](C)OC(=O)[C@H]1[C@@H]2O[C@@]3(CC2Br)[C@@H]1C(=O)N([C@@H](CO)C(C)C)[C@@H]3C(=O)N(CC=C)C1CCCCC1. The summed E-state index contributed by atoms with van der Waals surface area (Å²) in [6.45, 7) is 13.2. The van der Waals surface area contributed by atoms with Crippen LogP contribution in [0, 0.1) is 17.8 Å². The van der Waals surface area contributed by atoms with Gasteiger partial charge in [-0.25, -0.2) is 0 Å². The summed E-state index contributed by atoms with van der Waals surface area (Å²) in [5.74, 6) is -3.33. The molecule has 4 fully saturated rings. The van der Waals surface area contributed by atoms with Crippen molar-refractivity contribution in [2.24, 2.45) is 17.8 Å². The number of nitrogens with one attached hydrogen (secondary N) is 1. The summed E-state index contributed by atoms with van der Waals surface area (Å²) in [4.78, 5) is 58.0. The minimum atomic E-state index is -1.24. The maximum absolute atomic E-state index is 14.7. The Morgan fingerprint density at radius 2 is 1.91 bits per heavy atom. The molecule has 3 heterocycles. The molecule has 240 valence electrons. The van der Waals surface area contributed by atoms with Crippen LogP contribution in [0.25, 0.3) is 0 Å². The Labute approximate surface area is 263 Å². The van der Waals surface area contributed by atoms with Gasteiger partial charge < -0.3 is 29.7 Å². The van der Waals surface area contributed by atoms with Crippen LogP contribution in [0.2, 0.25) is 0 Å². The molecule has 0 aromatic carbocycles. The lowest BCUT2D eigenvalue weighted by atomic mass is 9.70. The molecule has 3 amide bonds. The van der Waals surface area contributed by atoms with Crippen molar-refractivity contribution < 1.29 is 33.8 Å². The molecule has 8 atom stereocenters. The first kappa shape index (κ1) is 33.6. The molecule has 1 unspecified atom stereocenters. The molecule has 0 radical (unpaired) electrons. The second kappa shape index (κ2) is 14.2. The molecule has 10 nitrogen and oxygen atoms in total. The van der Waals surface area contributed by atoms with Gasteiger partial charge in [0.2, 0.25) is 17.7 Å². The first-order chi connectivity index (χ1) is 20.5. The van der Waals surface area contributed by atoms with Gasteiger partial charge in [-0.15, -0.1) is 13.2 Å². The van der Waals surface area contributed by atoms with E-state index in [0.717, 1.165) is 32.1 Å². The zero-order chi connectivity index (χ0) is 31.5. The Hall–Kier alpha value is -2.24. The van der Waals surface area contributed by atoms with Crippen LogP contribution in [0.4, 0.5) is 0 Å². The van der Waals surface area contributed by atoms with Crippen LogP contribution >= 0.6 is 15.9 Å². The van der Waals surface area contributed by atoms with E-state index in [0.29, 0.717) is 25.8 Å².